The zero-order chi connectivity index (χ0) is 11.5. The van der Waals surface area contributed by atoms with E-state index < -0.39 is 0 Å². The Hall–Kier alpha value is 0.440. The summed E-state index contributed by atoms with van der Waals surface area (Å²) < 4.78 is 0. The predicted octanol–water partition coefficient (Wildman–Crippen LogP) is 4.31. The van der Waals surface area contributed by atoms with Gasteiger partial charge in [-0.15, -0.1) is 0 Å². The first-order valence-corrected chi connectivity index (χ1v) is 7.68. The van der Waals surface area contributed by atoms with Crippen molar-refractivity contribution >= 4 is 15.9 Å². The van der Waals surface area contributed by atoms with Crippen LogP contribution in [-0.4, -0.2) is 29.9 Å². The Labute approximate surface area is 105 Å². The van der Waals surface area contributed by atoms with E-state index in [9.17, 15) is 0 Å². The third kappa shape index (κ3) is 8.27. The molecule has 0 aliphatic heterocycles. The molecule has 0 fully saturated rings. The third-order valence-corrected chi connectivity index (χ3v) is 3.35. The maximum absolute atomic E-state index is 3.54. The van der Waals surface area contributed by atoms with Crippen LogP contribution < -0.4 is 0 Å². The molecule has 1 nitrogen and oxygen atoms in total. The molecule has 0 saturated carbocycles. The van der Waals surface area contributed by atoms with Gasteiger partial charge in [0.05, 0.1) is 0 Å². The van der Waals surface area contributed by atoms with Crippen LogP contribution in [0, 0.1) is 5.92 Å². The van der Waals surface area contributed by atoms with Gasteiger partial charge >= 0.3 is 0 Å². The highest BCUT2D eigenvalue weighted by Crippen LogP contribution is 2.14. The van der Waals surface area contributed by atoms with Crippen LogP contribution in [0.3, 0.4) is 0 Å². The molecule has 0 spiro atoms. The largest absolute Gasteiger partial charge is 0.302 e. The minimum Gasteiger partial charge on any atom is -0.302 e. The van der Waals surface area contributed by atoms with Crippen molar-refractivity contribution < 1.29 is 0 Å². The summed E-state index contributed by atoms with van der Waals surface area (Å²) in [5.41, 5.74) is 0. The van der Waals surface area contributed by atoms with Crippen molar-refractivity contribution in [3.8, 4) is 0 Å². The summed E-state index contributed by atoms with van der Waals surface area (Å²) in [6.45, 7) is 10.7. The van der Waals surface area contributed by atoms with Crippen LogP contribution in [0.2, 0.25) is 0 Å². The van der Waals surface area contributed by atoms with Crippen LogP contribution in [0.25, 0.3) is 0 Å². The summed E-state index contributed by atoms with van der Waals surface area (Å²) in [5.74, 6) is 0.913. The number of unbranched alkanes of at least 4 members (excludes halogenated alkanes) is 1. The first-order valence-electron chi connectivity index (χ1n) is 6.56. The van der Waals surface area contributed by atoms with E-state index in [0.29, 0.717) is 0 Å². The number of alkyl halides is 1. The fourth-order valence-corrected chi connectivity index (χ4v) is 2.51. The SMILES string of the molecule is CCCCC(CC)CN(CCC)CCBr. The van der Waals surface area contributed by atoms with Gasteiger partial charge in [-0.2, -0.15) is 0 Å². The number of nitrogens with zero attached hydrogens (tertiary/aromatic N) is 1. The molecule has 2 heteroatoms. The van der Waals surface area contributed by atoms with Crippen molar-refractivity contribution in [1.29, 1.82) is 0 Å². The molecule has 0 heterocycles. The lowest BCUT2D eigenvalue weighted by Crippen LogP contribution is -2.31. The van der Waals surface area contributed by atoms with E-state index in [0.717, 1.165) is 11.2 Å². The number of hydrogen-bond donors (Lipinski definition) is 0. The topological polar surface area (TPSA) is 3.24 Å². The average Bonchev–Trinajstić information content (AvgIpc) is 2.24. The number of rotatable bonds is 10. The lowest BCUT2D eigenvalue weighted by Gasteiger charge is -2.26. The summed E-state index contributed by atoms with van der Waals surface area (Å²) in [6.07, 6.45) is 6.75. The molecule has 0 aliphatic carbocycles. The summed E-state index contributed by atoms with van der Waals surface area (Å²) in [5, 5.41) is 1.11. The molecule has 0 saturated heterocycles. The smallest absolute Gasteiger partial charge is 0.0159 e. The molecule has 1 unspecified atom stereocenters. The summed E-state index contributed by atoms with van der Waals surface area (Å²) >= 11 is 3.54. The van der Waals surface area contributed by atoms with E-state index in [-0.39, 0.29) is 0 Å². The second-order valence-electron chi connectivity index (χ2n) is 4.41. The Balaban J connectivity index is 3.85. The zero-order valence-electron chi connectivity index (χ0n) is 10.8. The van der Waals surface area contributed by atoms with Crippen molar-refractivity contribution in [1.82, 2.24) is 4.90 Å². The molecule has 0 rings (SSSR count). The lowest BCUT2D eigenvalue weighted by atomic mass is 9.98. The Kier molecular flexibility index (Phi) is 11.3. The molecule has 15 heavy (non-hydrogen) atoms. The standard InChI is InChI=1S/C13H28BrN/c1-4-7-8-13(6-3)12-15(10-5-2)11-9-14/h13H,4-12H2,1-3H3. The Morgan fingerprint density at radius 3 is 2.27 bits per heavy atom. The number of halogens is 1. The third-order valence-electron chi connectivity index (χ3n) is 3.00. The zero-order valence-corrected chi connectivity index (χ0v) is 12.4. The van der Waals surface area contributed by atoms with E-state index in [2.05, 4.69) is 41.6 Å². The first-order chi connectivity index (χ1) is 7.28. The van der Waals surface area contributed by atoms with Gasteiger partial charge in [-0.3, -0.25) is 0 Å². The molecule has 0 aromatic heterocycles. The Morgan fingerprint density at radius 2 is 1.80 bits per heavy atom. The second kappa shape index (κ2) is 10.9. The van der Waals surface area contributed by atoms with E-state index in [4.69, 9.17) is 0 Å². The van der Waals surface area contributed by atoms with E-state index in [1.807, 2.05) is 0 Å². The van der Waals surface area contributed by atoms with Crippen LogP contribution in [0.1, 0.15) is 52.9 Å². The molecule has 92 valence electrons. The van der Waals surface area contributed by atoms with Gasteiger partial charge in [0, 0.05) is 18.4 Å². The molecule has 0 aromatic carbocycles. The van der Waals surface area contributed by atoms with E-state index in [1.54, 1.807) is 0 Å². The van der Waals surface area contributed by atoms with Crippen molar-refractivity contribution in [2.75, 3.05) is 25.0 Å². The van der Waals surface area contributed by atoms with Crippen LogP contribution in [0.15, 0.2) is 0 Å². The maximum atomic E-state index is 3.54. The summed E-state index contributed by atoms with van der Waals surface area (Å²) in [7, 11) is 0. The van der Waals surface area contributed by atoms with Gasteiger partial charge in [0.1, 0.15) is 0 Å². The Morgan fingerprint density at radius 1 is 1.07 bits per heavy atom. The highest BCUT2D eigenvalue weighted by atomic mass is 79.9. The predicted molar refractivity (Wildman–Crippen MR) is 73.8 cm³/mol. The fraction of sp³-hybridized carbons (Fsp3) is 1.00. The van der Waals surface area contributed by atoms with Gasteiger partial charge in [0.2, 0.25) is 0 Å². The summed E-state index contributed by atoms with van der Waals surface area (Å²) in [4.78, 5) is 2.61. The molecular formula is C13H28BrN. The van der Waals surface area contributed by atoms with Gasteiger partial charge in [-0.25, -0.2) is 0 Å². The number of hydrogen-bond acceptors (Lipinski definition) is 1. The highest BCUT2D eigenvalue weighted by molar-refractivity contribution is 9.09. The molecule has 0 N–H and O–H groups in total. The normalized spacial score (nSPS) is 13.4. The molecule has 0 bridgehead atoms. The Bertz CT molecular complexity index is 122. The van der Waals surface area contributed by atoms with Gasteiger partial charge < -0.3 is 4.90 Å². The van der Waals surface area contributed by atoms with Gasteiger partial charge in [-0.05, 0) is 25.3 Å². The summed E-state index contributed by atoms with van der Waals surface area (Å²) in [6, 6.07) is 0. The van der Waals surface area contributed by atoms with Crippen molar-refractivity contribution in [2.45, 2.75) is 52.9 Å². The van der Waals surface area contributed by atoms with Crippen molar-refractivity contribution in [3.05, 3.63) is 0 Å². The van der Waals surface area contributed by atoms with Crippen LogP contribution >= 0.6 is 15.9 Å². The van der Waals surface area contributed by atoms with Crippen LogP contribution in [0.5, 0.6) is 0 Å². The van der Waals surface area contributed by atoms with Crippen molar-refractivity contribution in [2.24, 2.45) is 5.92 Å². The average molecular weight is 278 g/mol. The van der Waals surface area contributed by atoms with Gasteiger partial charge in [0.15, 0.2) is 0 Å². The van der Waals surface area contributed by atoms with Crippen LogP contribution in [0.4, 0.5) is 0 Å². The second-order valence-corrected chi connectivity index (χ2v) is 5.20. The minimum atomic E-state index is 0.913. The lowest BCUT2D eigenvalue weighted by molar-refractivity contribution is 0.230. The quantitative estimate of drug-likeness (QED) is 0.538. The van der Waals surface area contributed by atoms with E-state index in [1.165, 1.54) is 51.7 Å². The van der Waals surface area contributed by atoms with Crippen LogP contribution in [-0.2, 0) is 0 Å². The van der Waals surface area contributed by atoms with Gasteiger partial charge in [-0.1, -0.05) is 56.0 Å². The van der Waals surface area contributed by atoms with Gasteiger partial charge in [0.25, 0.3) is 0 Å². The maximum Gasteiger partial charge on any atom is 0.0159 e. The molecule has 0 aromatic rings. The molecule has 0 amide bonds. The molecule has 0 radical (unpaired) electrons. The molecule has 0 aliphatic rings. The highest BCUT2D eigenvalue weighted by Gasteiger charge is 2.11. The fourth-order valence-electron chi connectivity index (χ4n) is 2.01. The van der Waals surface area contributed by atoms with Crippen molar-refractivity contribution in [3.63, 3.8) is 0 Å². The first kappa shape index (κ1) is 15.4. The minimum absolute atomic E-state index is 0.913. The molecule has 1 atom stereocenters. The molecular weight excluding hydrogens is 250 g/mol. The van der Waals surface area contributed by atoms with E-state index >= 15 is 0 Å². The monoisotopic (exact) mass is 277 g/mol.